The molecule has 0 radical (unpaired) electrons. The second-order valence-electron chi connectivity index (χ2n) is 1.32. The first-order valence-corrected chi connectivity index (χ1v) is 3.15. The lowest BCUT2D eigenvalue weighted by atomic mass is 10.6. The van der Waals surface area contributed by atoms with E-state index < -0.39 is 0 Å². The van der Waals surface area contributed by atoms with E-state index in [0.29, 0.717) is 0 Å². The number of aliphatic hydroxyl groups excluding tert-OH is 1. The average Bonchev–Trinajstić information content (AvgIpc) is 1.69. The smallest absolute Gasteiger partial charge is 0.133 e. The molecule has 0 aromatic heterocycles. The maximum absolute atomic E-state index is 8.73. The molecule has 0 aromatic rings. The van der Waals surface area contributed by atoms with Gasteiger partial charge in [-0.3, -0.25) is 0 Å². The Morgan fingerprint density at radius 1 is 1.86 bits per heavy atom. The summed E-state index contributed by atoms with van der Waals surface area (Å²) in [5, 5.41) is 13.4. The Balaban J connectivity index is 2.32. The van der Waals surface area contributed by atoms with Crippen LogP contribution in [0.4, 0.5) is 0 Å². The first-order chi connectivity index (χ1) is 3.39. The Morgan fingerprint density at radius 2 is 2.71 bits per heavy atom. The monoisotopic (exact) mass is 117 g/mol. The molecule has 0 fully saturated rings. The van der Waals surface area contributed by atoms with Gasteiger partial charge in [0.25, 0.3) is 0 Å². The number of hydrogen-bond acceptors (Lipinski definition) is 3. The quantitative estimate of drug-likeness (QED) is 0.472. The highest BCUT2D eigenvalue weighted by molar-refractivity contribution is 8.02. The van der Waals surface area contributed by atoms with Gasteiger partial charge in [0.05, 0.1) is 0 Å². The van der Waals surface area contributed by atoms with Crippen LogP contribution >= 0.6 is 11.8 Å². The third-order valence-electron chi connectivity index (χ3n) is 0.707. The molecule has 0 saturated heterocycles. The van der Waals surface area contributed by atoms with Crippen LogP contribution in [0.25, 0.3) is 0 Å². The van der Waals surface area contributed by atoms with E-state index in [1.165, 1.54) is 0 Å². The summed E-state index contributed by atoms with van der Waals surface area (Å²) in [7, 11) is 0. The minimum atomic E-state index is -0.338. The minimum Gasteiger partial charge on any atom is -0.373 e. The highest BCUT2D eigenvalue weighted by Gasteiger charge is 2.00. The summed E-state index contributed by atoms with van der Waals surface area (Å²) >= 11 is 1.61. The van der Waals surface area contributed by atoms with E-state index in [2.05, 4.69) is 5.32 Å². The fourth-order valence-electron chi connectivity index (χ4n) is 0.393. The van der Waals surface area contributed by atoms with Gasteiger partial charge in [0.1, 0.15) is 6.23 Å². The van der Waals surface area contributed by atoms with E-state index in [-0.39, 0.29) is 6.23 Å². The summed E-state index contributed by atoms with van der Waals surface area (Å²) < 4.78 is 0. The molecule has 0 saturated carbocycles. The fraction of sp³-hybridized carbons (Fsp3) is 0.500. The maximum atomic E-state index is 8.73. The van der Waals surface area contributed by atoms with Crippen molar-refractivity contribution in [3.8, 4) is 0 Å². The van der Waals surface area contributed by atoms with Crippen molar-refractivity contribution < 1.29 is 5.11 Å². The topological polar surface area (TPSA) is 32.3 Å². The molecule has 1 rings (SSSR count). The van der Waals surface area contributed by atoms with Crippen molar-refractivity contribution in [2.45, 2.75) is 6.23 Å². The molecular formula is C4H7NOS. The standard InChI is InChI=1S/C4H7NOS/c6-4-3-7-2-1-5-4/h1-2,4-6H,3H2. The molecule has 0 aromatic carbocycles. The van der Waals surface area contributed by atoms with Gasteiger partial charge in [-0.2, -0.15) is 0 Å². The van der Waals surface area contributed by atoms with Crippen LogP contribution in [0.1, 0.15) is 0 Å². The van der Waals surface area contributed by atoms with Gasteiger partial charge in [0, 0.05) is 12.0 Å². The van der Waals surface area contributed by atoms with Gasteiger partial charge >= 0.3 is 0 Å². The first-order valence-electron chi connectivity index (χ1n) is 2.10. The Labute approximate surface area is 46.6 Å². The van der Waals surface area contributed by atoms with Gasteiger partial charge < -0.3 is 10.4 Å². The molecule has 1 heterocycles. The van der Waals surface area contributed by atoms with E-state index in [4.69, 9.17) is 5.11 Å². The van der Waals surface area contributed by atoms with Gasteiger partial charge in [0.2, 0.25) is 0 Å². The van der Waals surface area contributed by atoms with Crippen LogP contribution in [0, 0.1) is 0 Å². The maximum Gasteiger partial charge on any atom is 0.133 e. The van der Waals surface area contributed by atoms with Crippen molar-refractivity contribution in [1.29, 1.82) is 0 Å². The molecule has 0 bridgehead atoms. The highest BCUT2D eigenvalue weighted by atomic mass is 32.2. The highest BCUT2D eigenvalue weighted by Crippen LogP contribution is 2.06. The zero-order chi connectivity index (χ0) is 5.11. The lowest BCUT2D eigenvalue weighted by Gasteiger charge is -2.11. The summed E-state index contributed by atoms with van der Waals surface area (Å²) in [6.45, 7) is 0. The molecular weight excluding hydrogens is 110 g/mol. The lowest BCUT2D eigenvalue weighted by Crippen LogP contribution is -2.27. The third kappa shape index (κ3) is 1.41. The first kappa shape index (κ1) is 5.00. The molecule has 3 heteroatoms. The predicted molar refractivity (Wildman–Crippen MR) is 30.7 cm³/mol. The van der Waals surface area contributed by atoms with Crippen LogP contribution < -0.4 is 5.32 Å². The van der Waals surface area contributed by atoms with Gasteiger partial charge in [-0.1, -0.05) is 0 Å². The van der Waals surface area contributed by atoms with Crippen LogP contribution in [-0.4, -0.2) is 17.1 Å². The van der Waals surface area contributed by atoms with Crippen molar-refractivity contribution in [3.05, 3.63) is 11.6 Å². The summed E-state index contributed by atoms with van der Waals surface area (Å²) in [4.78, 5) is 0. The number of nitrogens with one attached hydrogen (secondary N) is 1. The van der Waals surface area contributed by atoms with Gasteiger partial charge in [-0.25, -0.2) is 0 Å². The third-order valence-corrected chi connectivity index (χ3v) is 1.54. The number of hydrogen-bond donors (Lipinski definition) is 2. The van der Waals surface area contributed by atoms with Crippen LogP contribution in [0.3, 0.4) is 0 Å². The van der Waals surface area contributed by atoms with Crippen LogP contribution in [0.5, 0.6) is 0 Å². The second kappa shape index (κ2) is 2.23. The van der Waals surface area contributed by atoms with E-state index in [1.807, 2.05) is 5.41 Å². The Bertz CT molecular complexity index is 83.8. The Hall–Kier alpha value is -0.150. The van der Waals surface area contributed by atoms with E-state index in [0.717, 1.165) is 5.75 Å². The fourth-order valence-corrected chi connectivity index (χ4v) is 0.958. The number of aliphatic hydroxyl groups is 1. The Morgan fingerprint density at radius 3 is 3.00 bits per heavy atom. The van der Waals surface area contributed by atoms with E-state index in [9.17, 15) is 0 Å². The summed E-state index contributed by atoms with van der Waals surface area (Å²) in [5.41, 5.74) is 0. The Kier molecular flexibility index (Phi) is 1.59. The van der Waals surface area contributed by atoms with Crippen LogP contribution in [0.2, 0.25) is 0 Å². The van der Waals surface area contributed by atoms with Crippen molar-refractivity contribution >= 4 is 11.8 Å². The molecule has 0 amide bonds. The van der Waals surface area contributed by atoms with E-state index >= 15 is 0 Å². The SMILES string of the molecule is OC1CSC=CN1. The van der Waals surface area contributed by atoms with Gasteiger partial charge in [0.15, 0.2) is 0 Å². The molecule has 0 aliphatic carbocycles. The summed E-state index contributed by atoms with van der Waals surface area (Å²) in [6.07, 6.45) is 1.41. The molecule has 2 nitrogen and oxygen atoms in total. The zero-order valence-corrected chi connectivity index (χ0v) is 4.61. The molecule has 1 unspecified atom stereocenters. The van der Waals surface area contributed by atoms with Crippen molar-refractivity contribution in [1.82, 2.24) is 5.32 Å². The molecule has 0 spiro atoms. The summed E-state index contributed by atoms with van der Waals surface area (Å²) in [6, 6.07) is 0. The number of thioether (sulfide) groups is 1. The van der Waals surface area contributed by atoms with Crippen molar-refractivity contribution in [3.63, 3.8) is 0 Å². The lowest BCUT2D eigenvalue weighted by molar-refractivity contribution is 0.177. The molecule has 7 heavy (non-hydrogen) atoms. The van der Waals surface area contributed by atoms with Gasteiger partial charge in [-0.15, -0.1) is 11.8 Å². The van der Waals surface area contributed by atoms with Crippen molar-refractivity contribution in [2.75, 3.05) is 5.75 Å². The predicted octanol–water partition coefficient (Wildman–Crippen LogP) is 0.112. The molecule has 2 N–H and O–H groups in total. The summed E-state index contributed by atoms with van der Waals surface area (Å²) in [5.74, 6) is 0.760. The normalized spacial score (nSPS) is 29.6. The molecule has 1 aliphatic rings. The van der Waals surface area contributed by atoms with Crippen molar-refractivity contribution in [2.24, 2.45) is 0 Å². The molecule has 1 atom stereocenters. The van der Waals surface area contributed by atoms with Gasteiger partial charge in [-0.05, 0) is 5.41 Å². The van der Waals surface area contributed by atoms with Crippen LogP contribution in [-0.2, 0) is 0 Å². The van der Waals surface area contributed by atoms with E-state index in [1.54, 1.807) is 18.0 Å². The number of rotatable bonds is 0. The largest absolute Gasteiger partial charge is 0.373 e. The molecule has 1 aliphatic heterocycles. The average molecular weight is 117 g/mol. The van der Waals surface area contributed by atoms with Crippen LogP contribution in [0.15, 0.2) is 11.6 Å². The molecule has 40 valence electrons. The minimum absolute atomic E-state index is 0.338. The zero-order valence-electron chi connectivity index (χ0n) is 3.79. The second-order valence-corrected chi connectivity index (χ2v) is 2.26.